The Morgan fingerprint density at radius 3 is 2.04 bits per heavy atom. The van der Waals surface area contributed by atoms with Crippen LogP contribution in [0.15, 0.2) is 54.6 Å². The van der Waals surface area contributed by atoms with Gasteiger partial charge < -0.3 is 4.74 Å². The number of benzene rings is 2. The minimum absolute atomic E-state index is 0.0725. The Morgan fingerprint density at radius 2 is 1.48 bits per heavy atom. The molecule has 0 aliphatic carbocycles. The fourth-order valence-corrected chi connectivity index (χ4v) is 2.80. The molecule has 0 N–H and O–H groups in total. The molecule has 2 nitrogen and oxygen atoms in total. The second-order valence-corrected chi connectivity index (χ2v) is 7.30. The number of carbonyl (C=O) groups is 1. The number of rotatable bonds is 4. The molecular formula is C21H26O2. The van der Waals surface area contributed by atoms with Gasteiger partial charge >= 0.3 is 5.97 Å². The van der Waals surface area contributed by atoms with Crippen LogP contribution >= 0.6 is 0 Å². The zero-order valence-corrected chi connectivity index (χ0v) is 14.7. The molecule has 0 aliphatic heterocycles. The molecule has 0 radical (unpaired) electrons. The van der Waals surface area contributed by atoms with Gasteiger partial charge in [0.25, 0.3) is 0 Å². The number of esters is 1. The fourth-order valence-electron chi connectivity index (χ4n) is 2.80. The van der Waals surface area contributed by atoms with Crippen LogP contribution in [0.1, 0.15) is 51.7 Å². The first-order valence-electron chi connectivity index (χ1n) is 8.17. The summed E-state index contributed by atoms with van der Waals surface area (Å²) in [5.74, 6) is 0.380. The molecular weight excluding hydrogens is 284 g/mol. The van der Waals surface area contributed by atoms with Crippen LogP contribution in [0, 0.1) is 5.92 Å². The van der Waals surface area contributed by atoms with Crippen LogP contribution in [-0.2, 0) is 10.2 Å². The van der Waals surface area contributed by atoms with E-state index in [4.69, 9.17) is 4.74 Å². The maximum absolute atomic E-state index is 12.8. The van der Waals surface area contributed by atoms with E-state index in [1.165, 1.54) is 0 Å². The third-order valence-electron chi connectivity index (χ3n) is 3.98. The van der Waals surface area contributed by atoms with E-state index in [1.807, 2.05) is 54.6 Å². The predicted octanol–water partition coefficient (Wildman–Crippen LogP) is 5.33. The normalized spacial score (nSPS) is 13.0. The molecule has 0 unspecified atom stereocenters. The molecule has 0 heterocycles. The van der Waals surface area contributed by atoms with E-state index in [2.05, 4.69) is 34.6 Å². The van der Waals surface area contributed by atoms with Gasteiger partial charge in [0.15, 0.2) is 0 Å². The molecule has 0 saturated heterocycles. The van der Waals surface area contributed by atoms with Gasteiger partial charge in [-0.25, -0.2) is 0 Å². The van der Waals surface area contributed by atoms with Crippen LogP contribution in [-0.4, -0.2) is 5.97 Å². The second kappa shape index (κ2) is 6.99. The highest BCUT2D eigenvalue weighted by atomic mass is 16.5. The third kappa shape index (κ3) is 4.22. The Kier molecular flexibility index (Phi) is 5.25. The Balaban J connectivity index is 2.31. The molecule has 2 heteroatoms. The van der Waals surface area contributed by atoms with E-state index in [9.17, 15) is 4.79 Å². The summed E-state index contributed by atoms with van der Waals surface area (Å²) >= 11 is 0. The first-order chi connectivity index (χ1) is 10.8. The second-order valence-electron chi connectivity index (χ2n) is 7.30. The number of ether oxygens (including phenoxy) is 1. The summed E-state index contributed by atoms with van der Waals surface area (Å²) in [6, 6.07) is 17.6. The van der Waals surface area contributed by atoms with Crippen molar-refractivity contribution in [1.29, 1.82) is 0 Å². The molecule has 1 atom stereocenters. The van der Waals surface area contributed by atoms with E-state index < -0.39 is 0 Å². The van der Waals surface area contributed by atoms with Gasteiger partial charge in [-0.05, 0) is 23.0 Å². The number of carbonyl (C=O) groups excluding carboxylic acids is 1. The van der Waals surface area contributed by atoms with Crippen LogP contribution in [0.25, 0.3) is 0 Å². The van der Waals surface area contributed by atoms with Gasteiger partial charge in [0.2, 0.25) is 0 Å². The molecule has 0 spiro atoms. The molecule has 2 rings (SSSR count). The smallest absolute Gasteiger partial charge is 0.319 e. The summed E-state index contributed by atoms with van der Waals surface area (Å²) in [5, 5.41) is 0. The Labute approximate surface area is 139 Å². The molecule has 23 heavy (non-hydrogen) atoms. The zero-order valence-electron chi connectivity index (χ0n) is 14.7. The van der Waals surface area contributed by atoms with E-state index in [1.54, 1.807) is 0 Å². The minimum atomic E-state index is -0.260. The summed E-state index contributed by atoms with van der Waals surface area (Å²) in [5.41, 5.74) is 1.97. The van der Waals surface area contributed by atoms with Crippen LogP contribution in [0.4, 0.5) is 0 Å². The lowest BCUT2D eigenvalue weighted by Crippen LogP contribution is -2.24. The Morgan fingerprint density at radius 1 is 0.913 bits per heavy atom. The maximum Gasteiger partial charge on any atom is 0.319 e. The first kappa shape index (κ1) is 17.3. The Hall–Kier alpha value is -2.09. The van der Waals surface area contributed by atoms with Crippen LogP contribution < -0.4 is 4.74 Å². The molecule has 0 amide bonds. The molecule has 0 aliphatic rings. The average Bonchev–Trinajstić information content (AvgIpc) is 2.47. The van der Waals surface area contributed by atoms with Gasteiger partial charge in [-0.2, -0.15) is 0 Å². The molecule has 0 aromatic heterocycles. The van der Waals surface area contributed by atoms with Gasteiger partial charge in [-0.15, -0.1) is 0 Å². The van der Waals surface area contributed by atoms with E-state index in [0.29, 0.717) is 5.75 Å². The molecule has 122 valence electrons. The average molecular weight is 310 g/mol. The first-order valence-corrected chi connectivity index (χ1v) is 8.17. The van der Waals surface area contributed by atoms with Crippen molar-refractivity contribution in [2.24, 2.45) is 5.92 Å². The van der Waals surface area contributed by atoms with Crippen molar-refractivity contribution in [3.8, 4) is 5.75 Å². The predicted molar refractivity (Wildman–Crippen MR) is 94.8 cm³/mol. The van der Waals surface area contributed by atoms with Crippen molar-refractivity contribution in [1.82, 2.24) is 0 Å². The van der Waals surface area contributed by atoms with Crippen molar-refractivity contribution in [2.75, 3.05) is 0 Å². The lowest BCUT2D eigenvalue weighted by atomic mass is 9.86. The van der Waals surface area contributed by atoms with Gasteiger partial charge in [0.1, 0.15) is 5.75 Å². The molecule has 0 fully saturated rings. The topological polar surface area (TPSA) is 26.3 Å². The van der Waals surface area contributed by atoms with E-state index in [0.717, 1.165) is 11.1 Å². The summed E-state index contributed by atoms with van der Waals surface area (Å²) < 4.78 is 5.81. The third-order valence-corrected chi connectivity index (χ3v) is 3.98. The van der Waals surface area contributed by atoms with Crippen molar-refractivity contribution < 1.29 is 9.53 Å². The number of hydrogen-bond donors (Lipinski definition) is 0. The monoisotopic (exact) mass is 310 g/mol. The summed E-state index contributed by atoms with van der Waals surface area (Å²) in [7, 11) is 0. The molecule has 0 bridgehead atoms. The lowest BCUT2D eigenvalue weighted by molar-refractivity contribution is -0.137. The van der Waals surface area contributed by atoms with E-state index >= 15 is 0 Å². The summed E-state index contributed by atoms with van der Waals surface area (Å²) in [4.78, 5) is 12.8. The minimum Gasteiger partial charge on any atom is -0.426 e. The standard InChI is InChI=1S/C21H26O2/c1-15(2)19(16-11-7-6-8-12-16)20(22)23-18-14-10-9-13-17(18)21(3,4)5/h6-15,19H,1-5H3/t19-/m1/s1. The highest BCUT2D eigenvalue weighted by Crippen LogP contribution is 2.33. The van der Waals surface area contributed by atoms with Crippen LogP contribution in [0.5, 0.6) is 5.75 Å². The number of para-hydroxylation sites is 1. The zero-order chi connectivity index (χ0) is 17.0. The van der Waals surface area contributed by atoms with Crippen LogP contribution in [0.3, 0.4) is 0 Å². The maximum atomic E-state index is 12.8. The summed E-state index contributed by atoms with van der Waals surface area (Å²) in [6.07, 6.45) is 0. The van der Waals surface area contributed by atoms with Gasteiger partial charge in [-0.1, -0.05) is 83.1 Å². The highest BCUT2D eigenvalue weighted by molar-refractivity contribution is 5.81. The van der Waals surface area contributed by atoms with Gasteiger partial charge in [0, 0.05) is 5.56 Å². The van der Waals surface area contributed by atoms with Crippen molar-refractivity contribution in [3.63, 3.8) is 0 Å². The molecule has 2 aromatic rings. The number of hydrogen-bond acceptors (Lipinski definition) is 2. The SMILES string of the molecule is CC(C)[C@@H](C(=O)Oc1ccccc1C(C)(C)C)c1ccccc1. The van der Waals surface area contributed by atoms with Gasteiger partial charge in [-0.3, -0.25) is 4.79 Å². The fraction of sp³-hybridized carbons (Fsp3) is 0.381. The highest BCUT2D eigenvalue weighted by Gasteiger charge is 2.28. The van der Waals surface area contributed by atoms with Crippen molar-refractivity contribution in [3.05, 3.63) is 65.7 Å². The van der Waals surface area contributed by atoms with Crippen molar-refractivity contribution >= 4 is 5.97 Å². The van der Waals surface area contributed by atoms with Crippen LogP contribution in [0.2, 0.25) is 0 Å². The van der Waals surface area contributed by atoms with Crippen molar-refractivity contribution in [2.45, 2.75) is 46.0 Å². The van der Waals surface area contributed by atoms with E-state index in [-0.39, 0.29) is 23.2 Å². The summed E-state index contributed by atoms with van der Waals surface area (Å²) in [6.45, 7) is 10.5. The molecule has 0 saturated carbocycles. The molecule has 2 aromatic carbocycles. The Bertz CT molecular complexity index is 651. The van der Waals surface area contributed by atoms with Gasteiger partial charge in [0.05, 0.1) is 5.92 Å². The lowest BCUT2D eigenvalue weighted by Gasteiger charge is -2.24. The quantitative estimate of drug-likeness (QED) is 0.563. The largest absolute Gasteiger partial charge is 0.426 e.